The topological polar surface area (TPSA) is 58.4 Å². The second-order valence-corrected chi connectivity index (χ2v) is 5.37. The van der Waals surface area contributed by atoms with E-state index < -0.39 is 0 Å². The molecule has 0 aliphatic heterocycles. The highest BCUT2D eigenvalue weighted by Crippen LogP contribution is 2.23. The highest BCUT2D eigenvalue weighted by molar-refractivity contribution is 6.00. The number of hydrogen-bond donors (Lipinski definition) is 2. The summed E-state index contributed by atoms with van der Waals surface area (Å²) in [5, 5.41) is 2.91. The Labute approximate surface area is 131 Å². The highest BCUT2D eigenvalue weighted by atomic mass is 16.1. The summed E-state index contributed by atoms with van der Waals surface area (Å²) in [7, 11) is 1.98. The van der Waals surface area contributed by atoms with E-state index in [4.69, 9.17) is 5.73 Å². The molecule has 2 aromatic rings. The molecule has 1 amide bonds. The Hall–Kier alpha value is -2.49. The Kier molecular flexibility index (Phi) is 5.42. The van der Waals surface area contributed by atoms with Crippen molar-refractivity contribution in [2.24, 2.45) is 0 Å². The van der Waals surface area contributed by atoms with Gasteiger partial charge in [-0.2, -0.15) is 0 Å². The van der Waals surface area contributed by atoms with E-state index in [0.29, 0.717) is 17.8 Å². The van der Waals surface area contributed by atoms with Gasteiger partial charge >= 0.3 is 0 Å². The number of benzene rings is 2. The van der Waals surface area contributed by atoms with Crippen molar-refractivity contribution >= 4 is 17.3 Å². The molecule has 3 N–H and O–H groups in total. The molecule has 4 heteroatoms. The Morgan fingerprint density at radius 2 is 1.91 bits per heavy atom. The molecule has 0 aliphatic carbocycles. The van der Waals surface area contributed by atoms with Crippen molar-refractivity contribution in [2.45, 2.75) is 19.9 Å². The number of carbonyl (C=O) groups excluding carboxylic acids is 1. The van der Waals surface area contributed by atoms with Crippen LogP contribution in [0.3, 0.4) is 0 Å². The summed E-state index contributed by atoms with van der Waals surface area (Å²) in [5.74, 6) is -0.0796. The quantitative estimate of drug-likeness (QED) is 0.806. The van der Waals surface area contributed by atoms with Crippen LogP contribution in [0.15, 0.2) is 48.5 Å². The van der Waals surface area contributed by atoms with E-state index in [9.17, 15) is 4.79 Å². The average molecular weight is 297 g/mol. The molecule has 0 bridgehead atoms. The molecule has 2 rings (SSSR count). The summed E-state index contributed by atoms with van der Waals surface area (Å²) in [6.07, 6.45) is 0.906. The van der Waals surface area contributed by atoms with Crippen molar-refractivity contribution in [2.75, 3.05) is 24.2 Å². The molecule has 0 saturated carbocycles. The molecular weight excluding hydrogens is 274 g/mol. The van der Waals surface area contributed by atoms with E-state index in [-0.39, 0.29) is 5.91 Å². The van der Waals surface area contributed by atoms with Crippen molar-refractivity contribution in [1.29, 1.82) is 0 Å². The summed E-state index contributed by atoms with van der Waals surface area (Å²) in [6.45, 7) is 3.43. The van der Waals surface area contributed by atoms with Gasteiger partial charge in [-0.15, -0.1) is 0 Å². The lowest BCUT2D eigenvalue weighted by molar-refractivity contribution is 0.0954. The first kappa shape index (κ1) is 15.9. The normalized spacial score (nSPS) is 10.3. The minimum absolute atomic E-state index is 0.0796. The SMILES string of the molecule is CCCNC(=O)c1cc(N)ccc1N(C)Cc1ccccc1. The zero-order valence-corrected chi connectivity index (χ0v) is 13.2. The fourth-order valence-corrected chi connectivity index (χ4v) is 2.34. The number of nitrogen functional groups attached to an aromatic ring is 1. The average Bonchev–Trinajstić information content (AvgIpc) is 2.53. The minimum atomic E-state index is -0.0796. The van der Waals surface area contributed by atoms with Gasteiger partial charge < -0.3 is 16.0 Å². The largest absolute Gasteiger partial charge is 0.399 e. The number of carbonyl (C=O) groups is 1. The van der Waals surface area contributed by atoms with Crippen LogP contribution in [0, 0.1) is 0 Å². The zero-order valence-electron chi connectivity index (χ0n) is 13.2. The van der Waals surface area contributed by atoms with Gasteiger partial charge in [0.2, 0.25) is 0 Å². The predicted molar refractivity (Wildman–Crippen MR) is 92.0 cm³/mol. The number of rotatable bonds is 6. The van der Waals surface area contributed by atoms with Crippen LogP contribution < -0.4 is 16.0 Å². The van der Waals surface area contributed by atoms with Crippen molar-refractivity contribution in [3.8, 4) is 0 Å². The van der Waals surface area contributed by atoms with Gasteiger partial charge in [0, 0.05) is 31.5 Å². The Morgan fingerprint density at radius 1 is 1.18 bits per heavy atom. The van der Waals surface area contributed by atoms with Gasteiger partial charge in [-0.05, 0) is 30.2 Å². The zero-order chi connectivity index (χ0) is 15.9. The standard InChI is InChI=1S/C18H23N3O/c1-3-11-20-18(22)16-12-15(19)9-10-17(16)21(2)13-14-7-5-4-6-8-14/h4-10,12H,3,11,13,19H2,1-2H3,(H,20,22). The summed E-state index contributed by atoms with van der Waals surface area (Å²) in [5.41, 5.74) is 9.14. The molecule has 0 unspecified atom stereocenters. The Bertz CT molecular complexity index is 625. The molecule has 0 atom stereocenters. The fraction of sp³-hybridized carbons (Fsp3) is 0.278. The van der Waals surface area contributed by atoms with Crippen LogP contribution in [-0.2, 0) is 6.54 Å². The first-order chi connectivity index (χ1) is 10.6. The Balaban J connectivity index is 2.23. The number of nitrogens with one attached hydrogen (secondary N) is 1. The van der Waals surface area contributed by atoms with Crippen LogP contribution >= 0.6 is 0 Å². The van der Waals surface area contributed by atoms with Crippen molar-refractivity contribution in [3.05, 3.63) is 59.7 Å². The molecule has 2 aromatic carbocycles. The lowest BCUT2D eigenvalue weighted by Gasteiger charge is -2.22. The highest BCUT2D eigenvalue weighted by Gasteiger charge is 2.14. The van der Waals surface area contributed by atoms with Crippen molar-refractivity contribution < 1.29 is 4.79 Å². The predicted octanol–water partition coefficient (Wildman–Crippen LogP) is 3.05. The van der Waals surface area contributed by atoms with E-state index >= 15 is 0 Å². The maximum absolute atomic E-state index is 12.3. The van der Waals surface area contributed by atoms with E-state index in [1.807, 2.05) is 44.3 Å². The molecular formula is C18H23N3O. The van der Waals surface area contributed by atoms with Crippen molar-refractivity contribution in [1.82, 2.24) is 5.32 Å². The number of anilines is 2. The maximum atomic E-state index is 12.3. The molecule has 0 fully saturated rings. The van der Waals surface area contributed by atoms with Crippen LogP contribution in [-0.4, -0.2) is 19.5 Å². The third-order valence-electron chi connectivity index (χ3n) is 3.47. The summed E-state index contributed by atoms with van der Waals surface area (Å²) >= 11 is 0. The second kappa shape index (κ2) is 7.50. The fourth-order valence-electron chi connectivity index (χ4n) is 2.34. The van der Waals surface area contributed by atoms with Gasteiger partial charge in [-0.25, -0.2) is 0 Å². The molecule has 116 valence electrons. The Morgan fingerprint density at radius 3 is 2.59 bits per heavy atom. The molecule has 22 heavy (non-hydrogen) atoms. The third-order valence-corrected chi connectivity index (χ3v) is 3.47. The lowest BCUT2D eigenvalue weighted by atomic mass is 10.1. The summed E-state index contributed by atoms with van der Waals surface area (Å²) in [6, 6.07) is 15.6. The van der Waals surface area contributed by atoms with Crippen molar-refractivity contribution in [3.63, 3.8) is 0 Å². The van der Waals surface area contributed by atoms with E-state index in [0.717, 1.165) is 18.7 Å². The van der Waals surface area contributed by atoms with Crippen LogP contribution in [0.25, 0.3) is 0 Å². The molecule has 0 spiro atoms. The monoisotopic (exact) mass is 297 g/mol. The van der Waals surface area contributed by atoms with Gasteiger partial charge in [0.1, 0.15) is 0 Å². The molecule has 0 heterocycles. The molecule has 0 aromatic heterocycles. The smallest absolute Gasteiger partial charge is 0.253 e. The first-order valence-electron chi connectivity index (χ1n) is 7.54. The lowest BCUT2D eigenvalue weighted by Crippen LogP contribution is -2.27. The van der Waals surface area contributed by atoms with E-state index in [2.05, 4.69) is 22.3 Å². The minimum Gasteiger partial charge on any atom is -0.399 e. The molecule has 4 nitrogen and oxygen atoms in total. The molecule has 0 saturated heterocycles. The second-order valence-electron chi connectivity index (χ2n) is 5.37. The van der Waals surface area contributed by atoms with Gasteiger partial charge in [0.05, 0.1) is 5.56 Å². The van der Waals surface area contributed by atoms with Gasteiger partial charge in [-0.1, -0.05) is 37.3 Å². The summed E-state index contributed by atoms with van der Waals surface area (Å²) in [4.78, 5) is 14.4. The van der Waals surface area contributed by atoms with Gasteiger partial charge in [-0.3, -0.25) is 4.79 Å². The number of amides is 1. The number of nitrogens with two attached hydrogens (primary N) is 1. The molecule has 0 aliphatic rings. The molecule has 0 radical (unpaired) electrons. The van der Waals surface area contributed by atoms with Crippen LogP contribution in [0.5, 0.6) is 0 Å². The number of hydrogen-bond acceptors (Lipinski definition) is 3. The van der Waals surface area contributed by atoms with Crippen LogP contribution in [0.1, 0.15) is 29.3 Å². The van der Waals surface area contributed by atoms with Gasteiger partial charge in [0.25, 0.3) is 5.91 Å². The third kappa shape index (κ3) is 4.01. The number of nitrogens with zero attached hydrogens (tertiary/aromatic N) is 1. The van der Waals surface area contributed by atoms with Gasteiger partial charge in [0.15, 0.2) is 0 Å². The summed E-state index contributed by atoms with van der Waals surface area (Å²) < 4.78 is 0. The van der Waals surface area contributed by atoms with Crippen LogP contribution in [0.4, 0.5) is 11.4 Å². The maximum Gasteiger partial charge on any atom is 0.253 e. The van der Waals surface area contributed by atoms with Crippen LogP contribution in [0.2, 0.25) is 0 Å². The van der Waals surface area contributed by atoms with E-state index in [1.165, 1.54) is 5.56 Å². The first-order valence-corrected chi connectivity index (χ1v) is 7.54. The van der Waals surface area contributed by atoms with E-state index in [1.54, 1.807) is 6.07 Å².